The molecular weight excluding hydrogens is 281 g/mol. The molecule has 1 aliphatic carbocycles. The van der Waals surface area contributed by atoms with E-state index in [-0.39, 0.29) is 11.7 Å². The van der Waals surface area contributed by atoms with Gasteiger partial charge in [-0.2, -0.15) is 0 Å². The molecule has 1 aromatic heterocycles. The van der Waals surface area contributed by atoms with Crippen LogP contribution in [0.5, 0.6) is 0 Å². The largest absolute Gasteiger partial charge is 0.381 e. The lowest BCUT2D eigenvalue weighted by Gasteiger charge is -2.13. The molecule has 0 aliphatic heterocycles. The van der Waals surface area contributed by atoms with Crippen molar-refractivity contribution >= 4 is 17.3 Å². The van der Waals surface area contributed by atoms with E-state index >= 15 is 0 Å². The molecule has 5 heteroatoms. The highest BCUT2D eigenvalue weighted by Gasteiger charge is 2.15. The monoisotopic (exact) mass is 299 g/mol. The highest BCUT2D eigenvalue weighted by molar-refractivity contribution is 6.02. The number of hydrogen-bond donors (Lipinski definition) is 2. The van der Waals surface area contributed by atoms with Gasteiger partial charge in [-0.05, 0) is 49.2 Å². The normalized spacial score (nSPS) is 14.8. The Balaban J connectivity index is 1.61. The minimum atomic E-state index is -0.335. The molecule has 1 aromatic carbocycles. The van der Waals surface area contributed by atoms with E-state index in [0.717, 1.165) is 5.69 Å². The van der Waals surface area contributed by atoms with Crippen LogP contribution < -0.4 is 10.6 Å². The number of carbonyl (C=O) groups is 1. The summed E-state index contributed by atoms with van der Waals surface area (Å²) >= 11 is 0. The Labute approximate surface area is 128 Å². The molecule has 0 spiro atoms. The predicted molar refractivity (Wildman–Crippen MR) is 84.5 cm³/mol. The van der Waals surface area contributed by atoms with Crippen LogP contribution >= 0.6 is 0 Å². The van der Waals surface area contributed by atoms with Gasteiger partial charge in [-0.1, -0.05) is 12.8 Å². The van der Waals surface area contributed by atoms with E-state index in [4.69, 9.17) is 0 Å². The smallest absolute Gasteiger partial charge is 0.274 e. The molecule has 3 rings (SSSR count). The Morgan fingerprint density at radius 3 is 2.36 bits per heavy atom. The summed E-state index contributed by atoms with van der Waals surface area (Å²) < 4.78 is 12.8. The van der Waals surface area contributed by atoms with E-state index in [0.29, 0.717) is 17.4 Å². The molecule has 1 amide bonds. The fourth-order valence-corrected chi connectivity index (χ4v) is 2.65. The minimum Gasteiger partial charge on any atom is -0.381 e. The Morgan fingerprint density at radius 2 is 1.73 bits per heavy atom. The number of amides is 1. The maximum atomic E-state index is 12.8. The van der Waals surface area contributed by atoms with Crippen molar-refractivity contribution in [2.24, 2.45) is 0 Å². The molecule has 114 valence electrons. The third kappa shape index (κ3) is 3.61. The van der Waals surface area contributed by atoms with E-state index in [1.54, 1.807) is 12.3 Å². The van der Waals surface area contributed by atoms with Crippen molar-refractivity contribution in [1.29, 1.82) is 0 Å². The minimum absolute atomic E-state index is 0.306. The van der Waals surface area contributed by atoms with Crippen LogP contribution in [0.1, 0.15) is 36.2 Å². The van der Waals surface area contributed by atoms with Crippen LogP contribution in [0.2, 0.25) is 0 Å². The Morgan fingerprint density at radius 1 is 1.05 bits per heavy atom. The third-order valence-corrected chi connectivity index (χ3v) is 3.82. The zero-order chi connectivity index (χ0) is 15.4. The average molecular weight is 299 g/mol. The first-order valence-electron chi connectivity index (χ1n) is 7.50. The van der Waals surface area contributed by atoms with Crippen LogP contribution in [-0.2, 0) is 0 Å². The van der Waals surface area contributed by atoms with Crippen LogP contribution in [0.3, 0.4) is 0 Å². The van der Waals surface area contributed by atoms with Gasteiger partial charge in [0.2, 0.25) is 0 Å². The summed E-state index contributed by atoms with van der Waals surface area (Å²) in [6.07, 6.45) is 6.59. The molecule has 1 aliphatic rings. The summed E-state index contributed by atoms with van der Waals surface area (Å²) in [6, 6.07) is 9.71. The van der Waals surface area contributed by atoms with Gasteiger partial charge in [0.05, 0.1) is 11.9 Å². The number of halogens is 1. The summed E-state index contributed by atoms with van der Waals surface area (Å²) in [4.78, 5) is 16.3. The van der Waals surface area contributed by atoms with E-state index in [1.807, 2.05) is 6.07 Å². The van der Waals surface area contributed by atoms with Crippen LogP contribution in [-0.4, -0.2) is 16.9 Å². The standard InChI is InChI=1S/C17H18FN3O/c18-12-5-7-14(8-6-12)21-17(22)16-10-9-15(11-19-16)20-13-3-1-2-4-13/h5-11,13,20H,1-4H2,(H,21,22). The summed E-state index contributed by atoms with van der Waals surface area (Å²) in [7, 11) is 0. The van der Waals surface area contributed by atoms with Gasteiger partial charge in [-0.15, -0.1) is 0 Å². The van der Waals surface area contributed by atoms with Crippen molar-refractivity contribution in [2.45, 2.75) is 31.7 Å². The van der Waals surface area contributed by atoms with Gasteiger partial charge < -0.3 is 10.6 Å². The number of nitrogens with zero attached hydrogens (tertiary/aromatic N) is 1. The zero-order valence-electron chi connectivity index (χ0n) is 12.2. The van der Waals surface area contributed by atoms with Gasteiger partial charge in [0.1, 0.15) is 11.5 Å². The molecule has 2 N–H and O–H groups in total. The third-order valence-electron chi connectivity index (χ3n) is 3.82. The molecule has 2 aromatic rings. The first-order valence-corrected chi connectivity index (χ1v) is 7.50. The van der Waals surface area contributed by atoms with Crippen molar-refractivity contribution < 1.29 is 9.18 Å². The highest BCUT2D eigenvalue weighted by Crippen LogP contribution is 2.22. The van der Waals surface area contributed by atoms with Crippen LogP contribution in [0, 0.1) is 5.82 Å². The van der Waals surface area contributed by atoms with Crippen molar-refractivity contribution in [3.05, 3.63) is 54.1 Å². The molecule has 0 radical (unpaired) electrons. The number of nitrogens with one attached hydrogen (secondary N) is 2. The molecule has 1 heterocycles. The zero-order valence-corrected chi connectivity index (χ0v) is 12.2. The van der Waals surface area contributed by atoms with Crippen molar-refractivity contribution in [3.63, 3.8) is 0 Å². The van der Waals surface area contributed by atoms with Gasteiger partial charge in [0, 0.05) is 11.7 Å². The van der Waals surface area contributed by atoms with Crippen LogP contribution in [0.15, 0.2) is 42.6 Å². The van der Waals surface area contributed by atoms with E-state index in [2.05, 4.69) is 15.6 Å². The Bertz CT molecular complexity index is 634. The molecule has 0 atom stereocenters. The first-order chi connectivity index (χ1) is 10.7. The molecule has 0 saturated heterocycles. The molecule has 0 bridgehead atoms. The quantitative estimate of drug-likeness (QED) is 0.902. The Hall–Kier alpha value is -2.43. The Kier molecular flexibility index (Phi) is 4.32. The molecule has 22 heavy (non-hydrogen) atoms. The van der Waals surface area contributed by atoms with Crippen LogP contribution in [0.4, 0.5) is 15.8 Å². The predicted octanol–water partition coefficient (Wildman–Crippen LogP) is 3.83. The van der Waals surface area contributed by atoms with Gasteiger partial charge >= 0.3 is 0 Å². The molecular formula is C17H18FN3O. The van der Waals surface area contributed by atoms with E-state index < -0.39 is 0 Å². The number of pyridine rings is 1. The van der Waals surface area contributed by atoms with Gasteiger partial charge in [0.15, 0.2) is 0 Å². The second-order valence-corrected chi connectivity index (χ2v) is 5.52. The number of carbonyl (C=O) groups excluding carboxylic acids is 1. The molecule has 1 saturated carbocycles. The van der Waals surface area contributed by atoms with Crippen molar-refractivity contribution in [1.82, 2.24) is 4.98 Å². The van der Waals surface area contributed by atoms with Gasteiger partial charge in [-0.3, -0.25) is 4.79 Å². The van der Waals surface area contributed by atoms with Gasteiger partial charge in [0.25, 0.3) is 5.91 Å². The second kappa shape index (κ2) is 6.56. The summed E-state index contributed by atoms with van der Waals surface area (Å²) in [6.45, 7) is 0. The lowest BCUT2D eigenvalue weighted by atomic mass is 10.2. The molecule has 1 fully saturated rings. The van der Waals surface area contributed by atoms with E-state index in [9.17, 15) is 9.18 Å². The number of hydrogen-bond acceptors (Lipinski definition) is 3. The maximum absolute atomic E-state index is 12.8. The maximum Gasteiger partial charge on any atom is 0.274 e. The highest BCUT2D eigenvalue weighted by atomic mass is 19.1. The second-order valence-electron chi connectivity index (χ2n) is 5.52. The topological polar surface area (TPSA) is 54.0 Å². The lowest BCUT2D eigenvalue weighted by molar-refractivity contribution is 0.102. The summed E-state index contributed by atoms with van der Waals surface area (Å²) in [5, 5.41) is 6.12. The fraction of sp³-hybridized carbons (Fsp3) is 0.294. The number of aromatic nitrogens is 1. The SMILES string of the molecule is O=C(Nc1ccc(F)cc1)c1ccc(NC2CCCC2)cn1. The number of anilines is 2. The average Bonchev–Trinajstić information content (AvgIpc) is 3.03. The molecule has 4 nitrogen and oxygen atoms in total. The summed E-state index contributed by atoms with van der Waals surface area (Å²) in [5.41, 5.74) is 1.81. The van der Waals surface area contributed by atoms with Crippen molar-refractivity contribution in [2.75, 3.05) is 10.6 Å². The van der Waals surface area contributed by atoms with E-state index in [1.165, 1.54) is 49.9 Å². The molecule has 0 unspecified atom stereocenters. The lowest BCUT2D eigenvalue weighted by Crippen LogP contribution is -2.16. The van der Waals surface area contributed by atoms with Gasteiger partial charge in [-0.25, -0.2) is 9.37 Å². The van der Waals surface area contributed by atoms with Crippen molar-refractivity contribution in [3.8, 4) is 0 Å². The van der Waals surface area contributed by atoms with Crippen LogP contribution in [0.25, 0.3) is 0 Å². The number of benzene rings is 1. The summed E-state index contributed by atoms with van der Waals surface area (Å²) in [5.74, 6) is -0.641. The number of rotatable bonds is 4. The first kappa shape index (κ1) is 14.5. The fourth-order valence-electron chi connectivity index (χ4n) is 2.65.